The van der Waals surface area contributed by atoms with E-state index in [1.165, 1.54) is 12.2 Å². The van der Waals surface area contributed by atoms with Crippen molar-refractivity contribution in [2.75, 3.05) is 0 Å². The lowest BCUT2D eigenvalue weighted by Gasteiger charge is -2.37. The number of nitro groups is 1. The molecule has 0 unspecified atom stereocenters. The van der Waals surface area contributed by atoms with Gasteiger partial charge in [0.25, 0.3) is 5.69 Å². The molecule has 15 rings (SSSR count). The molecule has 1 aliphatic rings. The van der Waals surface area contributed by atoms with Crippen molar-refractivity contribution in [1.82, 2.24) is 40.2 Å². The molecule has 0 aliphatic heterocycles. The lowest BCUT2D eigenvalue weighted by atomic mass is 9.77. The van der Waals surface area contributed by atoms with Gasteiger partial charge in [-0.05, 0) is 124 Å². The maximum atomic E-state index is 13.6. The first-order valence-corrected chi connectivity index (χ1v) is 32.6. The van der Waals surface area contributed by atoms with Gasteiger partial charge in [-0.15, -0.1) is 0 Å². The Morgan fingerprint density at radius 1 is 0.469 bits per heavy atom. The summed E-state index contributed by atoms with van der Waals surface area (Å²) in [7, 11) is 0. The molecule has 4 aromatic heterocycles. The number of amides is 2. The summed E-state index contributed by atoms with van der Waals surface area (Å²) >= 11 is 0. The fourth-order valence-electron chi connectivity index (χ4n) is 13.7. The van der Waals surface area contributed by atoms with Crippen LogP contribution in [0.2, 0.25) is 0 Å². The van der Waals surface area contributed by atoms with Crippen molar-refractivity contribution in [3.8, 4) is 22.5 Å². The van der Waals surface area contributed by atoms with E-state index in [-0.39, 0.29) is 35.1 Å². The molecule has 476 valence electrons. The normalized spacial score (nSPS) is 12.7. The average Bonchev–Trinajstić information content (AvgIpc) is 1.49. The second kappa shape index (κ2) is 27.7. The van der Waals surface area contributed by atoms with Crippen LogP contribution in [0.15, 0.2) is 328 Å². The zero-order valence-electron chi connectivity index (χ0n) is 53.9. The third-order valence-electron chi connectivity index (χ3n) is 18.4. The highest BCUT2D eigenvalue weighted by molar-refractivity contribution is 6.04. The van der Waals surface area contributed by atoms with Crippen LogP contribution < -0.4 is 10.6 Å². The van der Waals surface area contributed by atoms with Gasteiger partial charge in [-0.3, -0.25) is 29.7 Å². The number of rotatable bonds is 18. The van der Waals surface area contributed by atoms with E-state index in [0.717, 1.165) is 88.9 Å². The van der Waals surface area contributed by atoms with Crippen LogP contribution in [0.25, 0.3) is 56.5 Å². The first-order valence-electron chi connectivity index (χ1n) is 32.6. The summed E-state index contributed by atoms with van der Waals surface area (Å²) in [4.78, 5) is 47.5. The van der Waals surface area contributed by atoms with Crippen molar-refractivity contribution in [3.63, 3.8) is 0 Å². The molecule has 4 heterocycles. The summed E-state index contributed by atoms with van der Waals surface area (Å²) in [6.45, 7) is 3.92. The van der Waals surface area contributed by atoms with Gasteiger partial charge < -0.3 is 10.6 Å². The molecule has 2 atom stereocenters. The van der Waals surface area contributed by atoms with Crippen molar-refractivity contribution >= 4 is 51.5 Å². The Kier molecular flexibility index (Phi) is 17.7. The molecule has 0 spiro atoms. The van der Waals surface area contributed by atoms with Gasteiger partial charge in [-0.2, -0.15) is 10.2 Å². The molecule has 13 nitrogen and oxygen atoms in total. The van der Waals surface area contributed by atoms with Gasteiger partial charge in [0.1, 0.15) is 22.5 Å². The van der Waals surface area contributed by atoms with Gasteiger partial charge >= 0.3 is 0 Å². The topological polar surface area (TPSA) is 163 Å². The Bertz CT molecular complexity index is 5000. The monoisotopic (exact) mass is 1280 g/mol. The maximum Gasteiger partial charge on any atom is 0.278 e. The Hall–Kier alpha value is -12.7. The van der Waals surface area contributed by atoms with Crippen molar-refractivity contribution in [3.05, 3.63) is 399 Å². The van der Waals surface area contributed by atoms with E-state index in [1.807, 2.05) is 177 Å². The number of hydrogen-bond acceptors (Lipinski definition) is 8. The predicted octanol–water partition coefficient (Wildman–Crippen LogP) is 17.5. The largest absolute Gasteiger partial charge is 0.346 e. The number of pyridine rings is 2. The lowest BCUT2D eigenvalue weighted by Crippen LogP contribution is -2.38. The number of fused-ring (bicyclic) bond motifs is 3. The third-order valence-corrected chi connectivity index (χ3v) is 18.4. The molecular formula is C85H67N9O4. The van der Waals surface area contributed by atoms with E-state index in [2.05, 4.69) is 165 Å². The van der Waals surface area contributed by atoms with Crippen molar-refractivity contribution in [2.24, 2.45) is 0 Å². The first-order chi connectivity index (χ1) is 48.1. The van der Waals surface area contributed by atoms with E-state index >= 15 is 0 Å². The molecule has 2 N–H and O–H groups in total. The Morgan fingerprint density at radius 2 is 0.827 bits per heavy atom. The molecule has 0 saturated carbocycles. The highest BCUT2D eigenvalue weighted by atomic mass is 16.6. The number of nitro benzene ring substituents is 1. The van der Waals surface area contributed by atoms with Crippen LogP contribution in [0.3, 0.4) is 0 Å². The first kappa shape index (κ1) is 62.7. The summed E-state index contributed by atoms with van der Waals surface area (Å²) in [5.41, 5.74) is 14.1. The van der Waals surface area contributed by atoms with Crippen LogP contribution in [-0.2, 0) is 27.1 Å². The number of benzene rings is 10. The number of nitrogens with zero attached hydrogens (tertiary/aromatic N) is 7. The zero-order valence-corrected chi connectivity index (χ0v) is 53.9. The number of hydrogen-bond donors (Lipinski definition) is 2. The summed E-state index contributed by atoms with van der Waals surface area (Å²) in [5.74, 6) is -0.410. The van der Waals surface area contributed by atoms with Crippen molar-refractivity contribution in [2.45, 2.75) is 43.4 Å². The SMILES string of the molecule is C[C@@H](NC(=O)/C=C/c1cc2c(-c3ccncc3)nn(C(c3ccccc3)(c3ccccc3)c3ccccc3)c2cc1[N+](=O)[O-])c1ccccc1.C[C@@H](NC(=O)C1=Cc2cc3c(-c4ccncc4)nn(C(c4ccccc4)(c4ccccc4)c4ccccc4)c3cc2C1)c1ccccc1. The maximum absolute atomic E-state index is 13.6. The Morgan fingerprint density at radius 3 is 1.21 bits per heavy atom. The molecule has 14 aromatic rings. The van der Waals surface area contributed by atoms with E-state index in [1.54, 1.807) is 24.5 Å². The molecule has 0 bridgehead atoms. The molecule has 2 amide bonds. The number of carbonyl (C=O) groups excluding carboxylic acids is 2. The van der Waals surface area contributed by atoms with Crippen LogP contribution in [0.1, 0.15) is 87.1 Å². The van der Waals surface area contributed by atoms with Crippen LogP contribution in [0, 0.1) is 10.1 Å². The van der Waals surface area contributed by atoms with Crippen LogP contribution >= 0.6 is 0 Å². The average molecular weight is 1280 g/mol. The van der Waals surface area contributed by atoms with Crippen LogP contribution in [0.4, 0.5) is 5.69 Å². The van der Waals surface area contributed by atoms with Gasteiger partial charge in [0.2, 0.25) is 11.8 Å². The molecule has 1 aliphatic carbocycles. The summed E-state index contributed by atoms with van der Waals surface area (Å²) < 4.78 is 4.11. The van der Waals surface area contributed by atoms with Crippen LogP contribution in [0.5, 0.6) is 0 Å². The summed E-state index contributed by atoms with van der Waals surface area (Å²) in [6, 6.07) is 96.8. The summed E-state index contributed by atoms with van der Waals surface area (Å²) in [6.07, 6.45) is 12.4. The Labute approximate surface area is 568 Å². The predicted molar refractivity (Wildman–Crippen MR) is 389 cm³/mol. The minimum Gasteiger partial charge on any atom is -0.346 e. The van der Waals surface area contributed by atoms with Crippen molar-refractivity contribution in [1.29, 1.82) is 0 Å². The minimum atomic E-state index is -1.02. The van der Waals surface area contributed by atoms with E-state index in [9.17, 15) is 19.7 Å². The highest BCUT2D eigenvalue weighted by Gasteiger charge is 2.43. The minimum absolute atomic E-state index is 0.0465. The molecular weight excluding hydrogens is 1210 g/mol. The Balaban J connectivity index is 0.000000168. The van der Waals surface area contributed by atoms with E-state index in [4.69, 9.17) is 10.2 Å². The standard InChI is InChI=1S/C43H34N4O.C42H33N5O3/c1-30(31-14-6-2-7-15-31)45-42(48)35-26-33-28-39-40(29-34(33)27-35)47(46-41(39)32-22-24-44-25-23-32)43(36-16-8-3-9-17-36,37-18-10-4-11-19-37)38-20-12-5-13-21-38;1-30(31-14-6-2-7-15-31)44-40(48)23-22-33-28-37-39(29-38(33)47(49)50)46(45-41(37)32-24-26-43-27-25-32)42(34-16-8-3-9-17-34,35-18-10-4-11-19-35)36-20-12-5-13-21-36/h2-26,28-30H,27H2,1H3,(H,45,48);2-30H,1H3,(H,44,48)/b;23-22+/t2*30-/m11/s1. The number of aromatic nitrogens is 6. The van der Waals surface area contributed by atoms with Gasteiger partial charge in [-0.25, -0.2) is 9.36 Å². The molecule has 98 heavy (non-hydrogen) atoms. The van der Waals surface area contributed by atoms with E-state index < -0.39 is 16.0 Å². The molecule has 0 radical (unpaired) electrons. The smallest absolute Gasteiger partial charge is 0.278 e. The number of carbonyl (C=O) groups is 2. The molecule has 10 aromatic carbocycles. The van der Waals surface area contributed by atoms with E-state index in [0.29, 0.717) is 23.0 Å². The van der Waals surface area contributed by atoms with Gasteiger partial charge in [0, 0.05) is 70.8 Å². The van der Waals surface area contributed by atoms with Crippen molar-refractivity contribution < 1.29 is 14.5 Å². The zero-order chi connectivity index (χ0) is 67.0. The van der Waals surface area contributed by atoms with Crippen LogP contribution in [-0.4, -0.2) is 46.3 Å². The molecule has 0 fully saturated rings. The fourth-order valence-corrected chi connectivity index (χ4v) is 13.7. The second-order valence-electron chi connectivity index (χ2n) is 24.3. The number of nitrogens with one attached hydrogen (secondary N) is 2. The second-order valence-corrected chi connectivity index (χ2v) is 24.3. The van der Waals surface area contributed by atoms with Gasteiger partial charge in [0.15, 0.2) is 0 Å². The molecule has 0 saturated heterocycles. The fraction of sp³-hybridized carbons (Fsp3) is 0.0824. The van der Waals surface area contributed by atoms with Gasteiger partial charge in [-0.1, -0.05) is 243 Å². The third kappa shape index (κ3) is 12.0. The quantitative estimate of drug-likeness (QED) is 0.0371. The molecule has 13 heteroatoms. The summed E-state index contributed by atoms with van der Waals surface area (Å²) in [5, 5.41) is 31.5. The highest BCUT2D eigenvalue weighted by Crippen LogP contribution is 2.48. The van der Waals surface area contributed by atoms with Gasteiger partial charge in [0.05, 0.1) is 33.6 Å². The lowest BCUT2D eigenvalue weighted by molar-refractivity contribution is -0.385.